The zero-order chi connectivity index (χ0) is 19.6. The molecule has 0 aliphatic carbocycles. The summed E-state index contributed by atoms with van der Waals surface area (Å²) >= 11 is 0. The van der Waals surface area contributed by atoms with E-state index in [1.165, 1.54) is 42.5 Å². The van der Waals surface area contributed by atoms with Gasteiger partial charge in [-0.2, -0.15) is 5.26 Å². The van der Waals surface area contributed by atoms with Gasteiger partial charge in [0.1, 0.15) is 11.6 Å². The minimum Gasteiger partial charge on any atom is -0.321 e. The van der Waals surface area contributed by atoms with Gasteiger partial charge in [0.2, 0.25) is 9.84 Å². The van der Waals surface area contributed by atoms with Gasteiger partial charge in [0, 0.05) is 17.2 Å². The summed E-state index contributed by atoms with van der Waals surface area (Å²) in [5.41, 5.74) is 0.201. The number of nitriles is 1. The van der Waals surface area contributed by atoms with Crippen LogP contribution < -0.4 is 5.32 Å². The van der Waals surface area contributed by atoms with Gasteiger partial charge < -0.3 is 5.32 Å². The molecule has 0 bridgehead atoms. The highest BCUT2D eigenvalue weighted by Crippen LogP contribution is 2.29. The van der Waals surface area contributed by atoms with E-state index in [9.17, 15) is 28.6 Å². The molecule has 0 spiro atoms. The van der Waals surface area contributed by atoms with E-state index in [-0.39, 0.29) is 27.4 Å². The van der Waals surface area contributed by atoms with Crippen molar-refractivity contribution in [2.45, 2.75) is 4.90 Å². The van der Waals surface area contributed by atoms with Crippen molar-refractivity contribution in [1.29, 1.82) is 5.26 Å². The number of hydrogen-bond acceptors (Lipinski definition) is 6. The normalized spacial score (nSPS) is 14.3. The van der Waals surface area contributed by atoms with Gasteiger partial charge in [-0.25, -0.2) is 8.42 Å². The third-order valence-electron chi connectivity index (χ3n) is 3.80. The molecule has 0 fully saturated rings. The summed E-state index contributed by atoms with van der Waals surface area (Å²) in [7, 11) is -3.54. The second-order valence-electron chi connectivity index (χ2n) is 5.54. The third-order valence-corrected chi connectivity index (χ3v) is 5.26. The first-order valence-corrected chi connectivity index (χ1v) is 9.10. The largest absolute Gasteiger partial charge is 0.321 e. The second kappa shape index (κ2) is 6.86. The molecule has 9 heteroatoms. The lowest BCUT2D eigenvalue weighted by Gasteiger charge is -2.07. The molecular weight excluding hydrogens is 370 g/mol. The van der Waals surface area contributed by atoms with E-state index in [1.807, 2.05) is 0 Å². The number of fused-ring (bicyclic) bond motifs is 1. The Labute approximate surface area is 154 Å². The van der Waals surface area contributed by atoms with E-state index in [1.54, 1.807) is 12.1 Å². The first-order chi connectivity index (χ1) is 12.8. The topological polar surface area (TPSA) is 130 Å². The van der Waals surface area contributed by atoms with E-state index in [0.717, 1.165) is 11.5 Å². The summed E-state index contributed by atoms with van der Waals surface area (Å²) in [6.45, 7) is 0. The lowest BCUT2D eigenvalue weighted by Crippen LogP contribution is -2.14. The fourth-order valence-corrected chi connectivity index (χ4v) is 3.74. The number of sulfone groups is 1. The van der Waals surface area contributed by atoms with Crippen LogP contribution in [0.25, 0.3) is 12.2 Å². The zero-order valence-corrected chi connectivity index (χ0v) is 14.4. The van der Waals surface area contributed by atoms with Crippen molar-refractivity contribution in [3.8, 4) is 6.07 Å². The number of nitro benzene ring substituents is 1. The van der Waals surface area contributed by atoms with Crippen LogP contribution in [0.2, 0.25) is 0 Å². The summed E-state index contributed by atoms with van der Waals surface area (Å²) in [5, 5.41) is 23.8. The summed E-state index contributed by atoms with van der Waals surface area (Å²) in [6, 6.07) is 11.7. The maximum Gasteiger partial charge on any atom is 0.276 e. The Morgan fingerprint density at radius 2 is 1.96 bits per heavy atom. The minimum atomic E-state index is -3.54. The zero-order valence-electron chi connectivity index (χ0n) is 13.6. The molecule has 1 N–H and O–H groups in total. The molecule has 2 aromatic rings. The Morgan fingerprint density at radius 3 is 2.67 bits per heavy atom. The first-order valence-electron chi connectivity index (χ1n) is 7.55. The summed E-state index contributed by atoms with van der Waals surface area (Å²) in [5.74, 6) is -0.807. The lowest BCUT2D eigenvalue weighted by atomic mass is 10.1. The van der Waals surface area contributed by atoms with Crippen LogP contribution in [0.1, 0.15) is 11.1 Å². The number of amides is 1. The molecular formula is C18H11N3O5S. The number of nitrogens with zero attached hydrogens (tertiary/aromatic N) is 2. The van der Waals surface area contributed by atoms with Crippen LogP contribution in [-0.4, -0.2) is 19.2 Å². The Balaban J connectivity index is 1.90. The van der Waals surface area contributed by atoms with Crippen LogP contribution in [-0.2, 0) is 14.6 Å². The van der Waals surface area contributed by atoms with Crippen LogP contribution in [0.15, 0.2) is 58.3 Å². The van der Waals surface area contributed by atoms with Gasteiger partial charge >= 0.3 is 0 Å². The highest BCUT2D eigenvalue weighted by Gasteiger charge is 2.22. The Hall–Kier alpha value is -3.77. The van der Waals surface area contributed by atoms with Gasteiger partial charge in [-0.05, 0) is 35.9 Å². The van der Waals surface area contributed by atoms with Crippen molar-refractivity contribution < 1.29 is 18.1 Å². The molecule has 0 atom stereocenters. The number of nitrogens with one attached hydrogen (secondary N) is 1. The predicted octanol–water partition coefficient (Wildman–Crippen LogP) is 2.90. The second-order valence-corrected chi connectivity index (χ2v) is 7.34. The van der Waals surface area contributed by atoms with Crippen molar-refractivity contribution in [2.24, 2.45) is 0 Å². The van der Waals surface area contributed by atoms with E-state index >= 15 is 0 Å². The number of hydrogen-bond donors (Lipinski definition) is 1. The summed E-state index contributed by atoms with van der Waals surface area (Å²) in [4.78, 5) is 22.8. The van der Waals surface area contributed by atoms with Gasteiger partial charge in [-0.1, -0.05) is 18.2 Å². The molecule has 0 saturated carbocycles. The lowest BCUT2D eigenvalue weighted by molar-refractivity contribution is -0.385. The molecule has 8 nitrogen and oxygen atoms in total. The Kier molecular flexibility index (Phi) is 4.58. The quantitative estimate of drug-likeness (QED) is 0.375. The molecule has 1 amide bonds. The molecule has 1 aliphatic heterocycles. The van der Waals surface area contributed by atoms with Gasteiger partial charge in [-0.15, -0.1) is 0 Å². The number of para-hydroxylation sites is 1. The van der Waals surface area contributed by atoms with E-state index in [0.29, 0.717) is 5.56 Å². The first kappa shape index (κ1) is 18.0. The average Bonchev–Trinajstić information content (AvgIpc) is 2.94. The van der Waals surface area contributed by atoms with Crippen molar-refractivity contribution in [2.75, 3.05) is 5.32 Å². The molecule has 0 unspecified atom stereocenters. The maximum atomic E-state index is 12.4. The number of benzene rings is 2. The van der Waals surface area contributed by atoms with Crippen molar-refractivity contribution in [3.63, 3.8) is 0 Å². The van der Waals surface area contributed by atoms with Gasteiger partial charge in [0.25, 0.3) is 11.6 Å². The van der Waals surface area contributed by atoms with Crippen LogP contribution in [0.5, 0.6) is 0 Å². The van der Waals surface area contributed by atoms with E-state index < -0.39 is 20.7 Å². The molecule has 1 heterocycles. The van der Waals surface area contributed by atoms with Gasteiger partial charge in [0.15, 0.2) is 0 Å². The molecule has 27 heavy (non-hydrogen) atoms. The monoisotopic (exact) mass is 381 g/mol. The molecule has 3 rings (SSSR count). The number of rotatable bonds is 4. The minimum absolute atomic E-state index is 0.0569. The number of carbonyl (C=O) groups is 1. The van der Waals surface area contributed by atoms with Crippen LogP contribution in [0.4, 0.5) is 11.4 Å². The van der Waals surface area contributed by atoms with Crippen molar-refractivity contribution in [1.82, 2.24) is 0 Å². The van der Waals surface area contributed by atoms with Crippen molar-refractivity contribution >= 4 is 39.3 Å². The highest BCUT2D eigenvalue weighted by molar-refractivity contribution is 7.94. The number of nitro groups is 1. The summed E-state index contributed by atoms with van der Waals surface area (Å²) < 4.78 is 23.8. The van der Waals surface area contributed by atoms with Crippen LogP contribution in [0, 0.1) is 21.4 Å². The Morgan fingerprint density at radius 1 is 1.22 bits per heavy atom. The number of anilines is 1. The molecule has 2 aromatic carbocycles. The molecule has 0 saturated heterocycles. The fourth-order valence-electron chi connectivity index (χ4n) is 2.51. The summed E-state index contributed by atoms with van der Waals surface area (Å²) in [6.07, 6.45) is 2.56. The van der Waals surface area contributed by atoms with Crippen molar-refractivity contribution in [3.05, 3.63) is 74.7 Å². The van der Waals surface area contributed by atoms with E-state index in [4.69, 9.17) is 0 Å². The smallest absolute Gasteiger partial charge is 0.276 e. The van der Waals surface area contributed by atoms with Gasteiger partial charge in [-0.3, -0.25) is 14.9 Å². The molecule has 134 valence electrons. The van der Waals surface area contributed by atoms with E-state index in [2.05, 4.69) is 5.32 Å². The van der Waals surface area contributed by atoms with Gasteiger partial charge in [0.05, 0.1) is 15.4 Å². The third kappa shape index (κ3) is 3.61. The highest BCUT2D eigenvalue weighted by atomic mass is 32.2. The molecule has 1 aliphatic rings. The maximum absolute atomic E-state index is 12.4. The predicted molar refractivity (Wildman–Crippen MR) is 98.0 cm³/mol. The Bertz CT molecular complexity index is 1170. The SMILES string of the molecule is N#C/C(=C\c1ccccc1[N+](=O)[O-])C(=O)Nc1ccc2c(c1)S(=O)(=O)C=C2. The van der Waals surface area contributed by atoms with Crippen LogP contribution in [0.3, 0.4) is 0 Å². The molecule has 0 radical (unpaired) electrons. The standard InChI is InChI=1S/C18H11N3O5S/c19-11-14(9-13-3-1-2-4-16(13)21(23)24)18(22)20-15-6-5-12-7-8-27(25,26)17(12)10-15/h1-10H,(H,20,22)/b14-9+. The number of carbonyl (C=O) groups excluding carboxylic acids is 1. The molecule has 0 aromatic heterocycles. The van der Waals surface area contributed by atoms with Crippen LogP contribution >= 0.6 is 0 Å². The average molecular weight is 381 g/mol. The fraction of sp³-hybridized carbons (Fsp3) is 0.